The second-order valence-electron chi connectivity index (χ2n) is 7.44. The highest BCUT2D eigenvalue weighted by Crippen LogP contribution is 2.30. The third-order valence-corrected chi connectivity index (χ3v) is 4.95. The normalized spacial score (nSPS) is 12.0. The summed E-state index contributed by atoms with van der Waals surface area (Å²) < 4.78 is 17.7. The van der Waals surface area contributed by atoms with Crippen LogP contribution in [0.5, 0.6) is 5.75 Å². The first-order valence-electron chi connectivity index (χ1n) is 10.5. The molecule has 0 unspecified atom stereocenters. The van der Waals surface area contributed by atoms with Crippen LogP contribution in [0.2, 0.25) is 0 Å². The number of benzene rings is 2. The van der Waals surface area contributed by atoms with E-state index in [0.717, 1.165) is 11.1 Å². The maximum Gasteiger partial charge on any atom is 0.447 e. The van der Waals surface area contributed by atoms with E-state index in [1.165, 1.54) is 4.57 Å². The van der Waals surface area contributed by atoms with Crippen molar-refractivity contribution in [3.63, 3.8) is 0 Å². The molecule has 33 heavy (non-hydrogen) atoms. The predicted molar refractivity (Wildman–Crippen MR) is 128 cm³/mol. The Labute approximate surface area is 191 Å². The van der Waals surface area contributed by atoms with Crippen LogP contribution >= 0.6 is 0 Å². The van der Waals surface area contributed by atoms with Gasteiger partial charge in [0.2, 0.25) is 0 Å². The Morgan fingerprint density at radius 2 is 1.88 bits per heavy atom. The van der Waals surface area contributed by atoms with Gasteiger partial charge in [-0.3, -0.25) is 9.88 Å². The van der Waals surface area contributed by atoms with E-state index in [2.05, 4.69) is 15.3 Å². The first kappa shape index (κ1) is 22.4. The molecule has 0 amide bonds. The Hall–Kier alpha value is -3.83. The summed E-state index contributed by atoms with van der Waals surface area (Å²) in [5.41, 5.74) is 14.0. The summed E-state index contributed by atoms with van der Waals surface area (Å²) in [4.78, 5) is 21.0. The summed E-state index contributed by atoms with van der Waals surface area (Å²) in [6.07, 6.45) is 0.503. The number of nitrogen functional groups attached to an aromatic ring is 1. The summed E-state index contributed by atoms with van der Waals surface area (Å²) in [5, 5.41) is 2.82. The molecule has 170 valence electrons. The Kier molecular flexibility index (Phi) is 6.91. The van der Waals surface area contributed by atoms with Gasteiger partial charge in [-0.2, -0.15) is 9.98 Å². The van der Waals surface area contributed by atoms with Crippen LogP contribution in [0.4, 0.5) is 17.3 Å². The van der Waals surface area contributed by atoms with Gasteiger partial charge in [-0.1, -0.05) is 42.5 Å². The molecule has 3 aromatic rings. The third-order valence-electron chi connectivity index (χ3n) is 4.95. The number of aliphatic imine (C=N–C) groups is 1. The van der Waals surface area contributed by atoms with Gasteiger partial charge in [0.25, 0.3) is 6.02 Å². The van der Waals surface area contributed by atoms with E-state index >= 15 is 0 Å². The van der Waals surface area contributed by atoms with E-state index in [1.807, 2.05) is 54.6 Å². The largest absolute Gasteiger partial charge is 0.546 e. The molecule has 0 aliphatic carbocycles. The van der Waals surface area contributed by atoms with Gasteiger partial charge in [0, 0.05) is 13.4 Å². The van der Waals surface area contributed by atoms with Gasteiger partial charge in [0.05, 0.1) is 18.9 Å². The summed E-state index contributed by atoms with van der Waals surface area (Å²) in [6, 6.07) is 17.4. The zero-order valence-electron chi connectivity index (χ0n) is 18.2. The lowest BCUT2D eigenvalue weighted by Crippen LogP contribution is -2.36. The van der Waals surface area contributed by atoms with Gasteiger partial charge in [0.15, 0.2) is 11.6 Å². The zero-order chi connectivity index (χ0) is 23.2. The fourth-order valence-corrected chi connectivity index (χ4v) is 3.42. The number of hydrogen-bond acceptors (Lipinski definition) is 9. The first-order valence-corrected chi connectivity index (χ1v) is 10.5. The van der Waals surface area contributed by atoms with Crippen molar-refractivity contribution in [2.45, 2.75) is 12.9 Å². The summed E-state index contributed by atoms with van der Waals surface area (Å²) >= 11 is 0. The van der Waals surface area contributed by atoms with Crippen LogP contribution in [0, 0.1) is 0 Å². The van der Waals surface area contributed by atoms with Gasteiger partial charge < -0.3 is 25.5 Å². The quantitative estimate of drug-likeness (QED) is 0.331. The molecular weight excluding hydrogens is 423 g/mol. The molecule has 1 aromatic heterocycles. The lowest BCUT2D eigenvalue weighted by Gasteiger charge is -2.21. The van der Waals surface area contributed by atoms with Gasteiger partial charge in [-0.15, -0.1) is 0 Å². The highest BCUT2D eigenvalue weighted by Gasteiger charge is 2.22. The number of hydrogen-bond donors (Lipinski definition) is 3. The molecule has 4 rings (SSSR count). The second kappa shape index (κ2) is 10.2. The lowest BCUT2D eigenvalue weighted by atomic mass is 9.76. The Bertz CT molecular complexity index is 1200. The van der Waals surface area contributed by atoms with Gasteiger partial charge >= 0.3 is 12.7 Å². The van der Waals surface area contributed by atoms with E-state index < -0.39 is 12.7 Å². The van der Waals surface area contributed by atoms with Crippen molar-refractivity contribution in [2.75, 3.05) is 31.4 Å². The first-order chi connectivity index (χ1) is 16.0. The molecule has 2 bridgehead atoms. The Morgan fingerprint density at radius 1 is 1.09 bits per heavy atom. The van der Waals surface area contributed by atoms with Gasteiger partial charge in [0.1, 0.15) is 12.3 Å². The average molecular weight is 448 g/mol. The maximum atomic E-state index is 12.6. The van der Waals surface area contributed by atoms with E-state index in [4.69, 9.17) is 25.5 Å². The van der Waals surface area contributed by atoms with Crippen molar-refractivity contribution >= 4 is 30.4 Å². The summed E-state index contributed by atoms with van der Waals surface area (Å²) in [7, 11) is 1.07. The molecule has 0 radical (unpaired) electrons. The number of nitrogens with one attached hydrogen (secondary N) is 1. The van der Waals surface area contributed by atoms with Gasteiger partial charge in [-0.25, -0.2) is 4.79 Å². The van der Waals surface area contributed by atoms with E-state index in [9.17, 15) is 4.79 Å². The fourth-order valence-electron chi connectivity index (χ4n) is 3.42. The number of rotatable bonds is 9. The predicted octanol–water partition coefficient (Wildman–Crippen LogP) is 1.56. The number of ether oxygens (including phenoxy) is 2. The Balaban J connectivity index is 1.51. The molecule has 0 atom stereocenters. The van der Waals surface area contributed by atoms with Crippen LogP contribution in [0.3, 0.4) is 0 Å². The number of para-hydroxylation sites is 1. The second-order valence-corrected chi connectivity index (χ2v) is 7.44. The number of amidine groups is 1. The lowest BCUT2D eigenvalue weighted by molar-refractivity contribution is 0.141. The highest BCUT2D eigenvalue weighted by molar-refractivity contribution is 6.48. The van der Waals surface area contributed by atoms with Crippen LogP contribution in [0.1, 0.15) is 11.1 Å². The number of nitrogens with two attached hydrogens (primary N) is 2. The molecule has 0 fully saturated rings. The SMILES string of the molecule is COCCOC1=Nc2c(N)c(nc(=O)n2Cc2cccc(CB(N)Oc3ccccc3)c2)N1. The molecule has 2 aromatic carbocycles. The van der Waals surface area contributed by atoms with E-state index in [-0.39, 0.29) is 24.1 Å². The molecule has 0 spiro atoms. The molecule has 0 saturated heterocycles. The van der Waals surface area contributed by atoms with Crippen LogP contribution in [0.15, 0.2) is 64.4 Å². The smallest absolute Gasteiger partial charge is 0.447 e. The zero-order valence-corrected chi connectivity index (χ0v) is 18.2. The van der Waals surface area contributed by atoms with Crippen molar-refractivity contribution in [2.24, 2.45) is 10.6 Å². The highest BCUT2D eigenvalue weighted by atomic mass is 16.5. The minimum absolute atomic E-state index is 0.213. The fraction of sp³-hybridized carbons (Fsp3) is 0.227. The topological polar surface area (TPSA) is 139 Å². The molecule has 11 heteroatoms. The molecule has 1 aliphatic rings. The number of aromatic nitrogens is 2. The number of nitrogens with zero attached hydrogens (tertiary/aromatic N) is 3. The van der Waals surface area contributed by atoms with E-state index in [1.54, 1.807) is 7.11 Å². The summed E-state index contributed by atoms with van der Waals surface area (Å²) in [6.45, 7) is 0.931. The van der Waals surface area contributed by atoms with Crippen LogP contribution < -0.4 is 27.0 Å². The maximum absolute atomic E-state index is 12.6. The van der Waals surface area contributed by atoms with Gasteiger partial charge in [-0.05, 0) is 23.3 Å². The molecule has 5 N–H and O–H groups in total. The third kappa shape index (κ3) is 5.51. The minimum atomic E-state index is -0.509. The van der Waals surface area contributed by atoms with E-state index in [0.29, 0.717) is 31.1 Å². The van der Waals surface area contributed by atoms with Crippen LogP contribution in [-0.4, -0.2) is 42.9 Å². The van der Waals surface area contributed by atoms with Crippen molar-refractivity contribution in [1.29, 1.82) is 0 Å². The molecular formula is C22H25BN6O4. The van der Waals surface area contributed by atoms with Crippen molar-refractivity contribution in [1.82, 2.24) is 9.55 Å². The van der Waals surface area contributed by atoms with Crippen molar-refractivity contribution in [3.05, 3.63) is 76.2 Å². The van der Waals surface area contributed by atoms with Crippen LogP contribution in [-0.2, 0) is 22.3 Å². The monoisotopic (exact) mass is 448 g/mol. The molecule has 10 nitrogen and oxygen atoms in total. The standard InChI is InChI=1S/C22H25BN6O4/c1-31-10-11-32-21-26-19-18(24)20(28-21)29(22(30)27-19)14-16-7-5-6-15(12-16)13-23(25)33-17-8-3-2-4-9-17/h2-9,12H,10-11,13-14,24-25H2,1H3,(H,26,27,28,30). The molecule has 0 saturated carbocycles. The minimum Gasteiger partial charge on any atom is -0.546 e. The number of fused-ring (bicyclic) bond motifs is 2. The summed E-state index contributed by atoms with van der Waals surface area (Å²) in [5.74, 6) is 1.24. The Morgan fingerprint density at radius 3 is 2.67 bits per heavy atom. The van der Waals surface area contributed by atoms with Crippen LogP contribution in [0.25, 0.3) is 0 Å². The van der Waals surface area contributed by atoms with Crippen molar-refractivity contribution in [3.8, 4) is 5.75 Å². The van der Waals surface area contributed by atoms with Crippen molar-refractivity contribution < 1.29 is 14.1 Å². The average Bonchev–Trinajstić information content (AvgIpc) is 2.79. The number of methoxy groups -OCH3 is 1. The number of anilines is 2. The molecule has 2 heterocycles. The molecule has 1 aliphatic heterocycles.